The van der Waals surface area contributed by atoms with Crippen LogP contribution in [0.2, 0.25) is 0 Å². The van der Waals surface area contributed by atoms with Crippen LogP contribution in [0.3, 0.4) is 0 Å². The number of hydrogen-bond acceptors (Lipinski definition) is 3. The summed E-state index contributed by atoms with van der Waals surface area (Å²) in [4.78, 5) is 12.9. The molecule has 2 heterocycles. The molecule has 0 radical (unpaired) electrons. The Morgan fingerprint density at radius 3 is 2.60 bits per heavy atom. The van der Waals surface area contributed by atoms with Crippen LogP contribution in [0.15, 0.2) is 23.6 Å². The lowest BCUT2D eigenvalue weighted by atomic mass is 10.3. The predicted octanol–water partition coefficient (Wildman–Crippen LogP) is 2.66. The fourth-order valence-electron chi connectivity index (χ4n) is 2.17. The van der Waals surface area contributed by atoms with Gasteiger partial charge in [-0.15, -0.1) is 11.3 Å². The highest BCUT2D eigenvalue weighted by molar-refractivity contribution is 7.12. The van der Waals surface area contributed by atoms with Gasteiger partial charge >= 0.3 is 0 Å². The highest BCUT2D eigenvalue weighted by Gasteiger charge is 2.16. The van der Waals surface area contributed by atoms with E-state index in [2.05, 4.69) is 9.88 Å². The molecule has 108 valence electrons. The number of nitrogens with one attached hydrogen (secondary N) is 1. The lowest BCUT2D eigenvalue weighted by Gasteiger charge is -2.11. The Morgan fingerprint density at radius 2 is 2.00 bits per heavy atom. The first kappa shape index (κ1) is 14.8. The third kappa shape index (κ3) is 3.11. The molecule has 0 aliphatic heterocycles. The second-order valence-electron chi connectivity index (χ2n) is 4.98. The minimum Gasteiger partial charge on any atom is -0.393 e. The molecule has 0 saturated heterocycles. The molecule has 2 aromatic heterocycles. The summed E-state index contributed by atoms with van der Waals surface area (Å²) in [7, 11) is 0. The molecule has 4 nitrogen and oxygen atoms in total. The first-order chi connectivity index (χ1) is 9.50. The van der Waals surface area contributed by atoms with E-state index in [-0.39, 0.29) is 5.91 Å². The fourth-order valence-corrected chi connectivity index (χ4v) is 2.96. The Labute approximate surface area is 123 Å². The van der Waals surface area contributed by atoms with Gasteiger partial charge in [0.05, 0.1) is 11.8 Å². The molecule has 2 N–H and O–H groups in total. The van der Waals surface area contributed by atoms with Crippen LogP contribution in [0.5, 0.6) is 0 Å². The van der Waals surface area contributed by atoms with E-state index < -0.39 is 6.10 Å². The van der Waals surface area contributed by atoms with Crippen LogP contribution in [0.25, 0.3) is 5.69 Å². The van der Waals surface area contributed by atoms with E-state index in [4.69, 9.17) is 0 Å². The number of aliphatic hydroxyl groups excluding tert-OH is 1. The Bertz CT molecular complexity index is 579. The number of aliphatic hydroxyl groups is 1. The number of aryl methyl sites for hydroxylation is 2. The van der Waals surface area contributed by atoms with Gasteiger partial charge in [-0.2, -0.15) is 0 Å². The van der Waals surface area contributed by atoms with E-state index in [0.29, 0.717) is 17.8 Å². The van der Waals surface area contributed by atoms with Gasteiger partial charge in [0.2, 0.25) is 0 Å². The number of aromatic nitrogens is 1. The largest absolute Gasteiger partial charge is 0.393 e. The van der Waals surface area contributed by atoms with E-state index >= 15 is 0 Å². The van der Waals surface area contributed by atoms with Crippen molar-refractivity contribution in [3.63, 3.8) is 0 Å². The van der Waals surface area contributed by atoms with Crippen molar-refractivity contribution in [1.29, 1.82) is 0 Å². The summed E-state index contributed by atoms with van der Waals surface area (Å²) >= 11 is 1.44. The summed E-state index contributed by atoms with van der Waals surface area (Å²) in [6.45, 7) is 6.26. The van der Waals surface area contributed by atoms with Crippen molar-refractivity contribution in [2.75, 3.05) is 6.54 Å². The zero-order valence-electron chi connectivity index (χ0n) is 12.0. The molecule has 1 unspecified atom stereocenters. The maximum atomic E-state index is 12.2. The minimum absolute atomic E-state index is 0.0804. The third-order valence-electron chi connectivity index (χ3n) is 3.21. The molecule has 0 aliphatic rings. The van der Waals surface area contributed by atoms with Gasteiger partial charge < -0.3 is 15.0 Å². The normalized spacial score (nSPS) is 12.4. The van der Waals surface area contributed by atoms with Gasteiger partial charge in [-0.25, -0.2) is 0 Å². The average Bonchev–Trinajstić information content (AvgIpc) is 2.96. The van der Waals surface area contributed by atoms with Gasteiger partial charge in [-0.3, -0.25) is 4.79 Å². The van der Waals surface area contributed by atoms with Crippen LogP contribution in [0.1, 0.15) is 34.4 Å². The highest BCUT2D eigenvalue weighted by Crippen LogP contribution is 2.24. The molecule has 0 fully saturated rings. The molecule has 0 aliphatic carbocycles. The monoisotopic (exact) mass is 292 g/mol. The topological polar surface area (TPSA) is 54.3 Å². The van der Waals surface area contributed by atoms with Crippen LogP contribution < -0.4 is 5.32 Å². The fraction of sp³-hybridized carbons (Fsp3) is 0.400. The second-order valence-corrected chi connectivity index (χ2v) is 5.90. The summed E-state index contributed by atoms with van der Waals surface area (Å²) in [5.74, 6) is -0.0804. The van der Waals surface area contributed by atoms with Crippen molar-refractivity contribution in [3.8, 4) is 5.69 Å². The third-order valence-corrected chi connectivity index (χ3v) is 4.11. The van der Waals surface area contributed by atoms with Gasteiger partial charge in [0.25, 0.3) is 5.91 Å². The minimum atomic E-state index is -0.396. The van der Waals surface area contributed by atoms with Crippen LogP contribution >= 0.6 is 11.3 Å². The summed E-state index contributed by atoms with van der Waals surface area (Å²) in [6, 6.07) is 6.05. The highest BCUT2D eigenvalue weighted by atomic mass is 32.1. The van der Waals surface area contributed by atoms with Crippen LogP contribution in [-0.2, 0) is 0 Å². The van der Waals surface area contributed by atoms with Crippen LogP contribution in [-0.4, -0.2) is 28.2 Å². The maximum absolute atomic E-state index is 12.2. The molecule has 5 heteroatoms. The second kappa shape index (κ2) is 6.24. The summed E-state index contributed by atoms with van der Waals surface area (Å²) in [5.41, 5.74) is 3.14. The molecule has 0 spiro atoms. The molecule has 20 heavy (non-hydrogen) atoms. The van der Waals surface area contributed by atoms with Crippen molar-refractivity contribution in [2.24, 2.45) is 0 Å². The smallest absolute Gasteiger partial charge is 0.263 e. The predicted molar refractivity (Wildman–Crippen MR) is 81.8 cm³/mol. The Morgan fingerprint density at radius 1 is 1.35 bits per heavy atom. The van der Waals surface area contributed by atoms with Crippen LogP contribution in [0.4, 0.5) is 0 Å². The molecule has 2 rings (SSSR count). The van der Waals surface area contributed by atoms with Gasteiger partial charge in [-0.1, -0.05) is 0 Å². The van der Waals surface area contributed by atoms with Crippen molar-refractivity contribution in [1.82, 2.24) is 9.88 Å². The van der Waals surface area contributed by atoms with Gasteiger partial charge in [0.15, 0.2) is 0 Å². The number of hydrogen-bond donors (Lipinski definition) is 2. The molecule has 0 saturated carbocycles. The number of thiophene rings is 1. The number of nitrogens with zero attached hydrogens (tertiary/aromatic N) is 1. The first-order valence-corrected chi connectivity index (χ1v) is 7.57. The lowest BCUT2D eigenvalue weighted by molar-refractivity contribution is 0.0949. The Hall–Kier alpha value is -1.59. The quantitative estimate of drug-likeness (QED) is 0.890. The van der Waals surface area contributed by atoms with E-state index in [1.807, 2.05) is 37.4 Å². The zero-order valence-corrected chi connectivity index (χ0v) is 12.8. The van der Waals surface area contributed by atoms with Crippen LogP contribution in [0, 0.1) is 13.8 Å². The molecule has 1 atom stereocenters. The van der Waals surface area contributed by atoms with Crippen molar-refractivity contribution >= 4 is 17.2 Å². The number of rotatable bonds is 5. The van der Waals surface area contributed by atoms with E-state index in [1.165, 1.54) is 11.3 Å². The molecular formula is C15H20N2O2S. The molecule has 0 bridgehead atoms. The standard InChI is InChI=1S/C15H20N2O2S/c1-10-4-5-11(2)17(10)13-7-9-20-14(13)15(19)16-8-6-12(3)18/h4-5,7,9,12,18H,6,8H2,1-3H3,(H,16,19). The summed E-state index contributed by atoms with van der Waals surface area (Å²) in [6.07, 6.45) is 0.167. The number of carbonyl (C=O) groups is 1. The molecular weight excluding hydrogens is 272 g/mol. The Balaban J connectivity index is 2.19. The number of amides is 1. The average molecular weight is 292 g/mol. The molecule has 2 aromatic rings. The SMILES string of the molecule is Cc1ccc(C)n1-c1ccsc1C(=O)NCCC(C)O. The summed E-state index contributed by atoms with van der Waals surface area (Å²) < 4.78 is 2.08. The van der Waals surface area contributed by atoms with Gasteiger partial charge in [0, 0.05) is 17.9 Å². The van der Waals surface area contributed by atoms with Crippen molar-refractivity contribution in [2.45, 2.75) is 33.3 Å². The zero-order chi connectivity index (χ0) is 14.7. The molecule has 1 amide bonds. The van der Waals surface area contributed by atoms with E-state index in [9.17, 15) is 9.90 Å². The van der Waals surface area contributed by atoms with Gasteiger partial charge in [0.1, 0.15) is 4.88 Å². The van der Waals surface area contributed by atoms with E-state index in [1.54, 1.807) is 6.92 Å². The van der Waals surface area contributed by atoms with Crippen molar-refractivity contribution in [3.05, 3.63) is 39.8 Å². The molecule has 0 aromatic carbocycles. The van der Waals surface area contributed by atoms with Gasteiger partial charge in [-0.05, 0) is 50.8 Å². The maximum Gasteiger partial charge on any atom is 0.263 e. The lowest BCUT2D eigenvalue weighted by Crippen LogP contribution is -2.26. The number of carbonyl (C=O) groups excluding carboxylic acids is 1. The van der Waals surface area contributed by atoms with Crippen molar-refractivity contribution < 1.29 is 9.90 Å². The Kier molecular flexibility index (Phi) is 4.62. The first-order valence-electron chi connectivity index (χ1n) is 6.69. The summed E-state index contributed by atoms with van der Waals surface area (Å²) in [5, 5.41) is 14.0. The van der Waals surface area contributed by atoms with E-state index in [0.717, 1.165) is 17.1 Å².